The third kappa shape index (κ3) is 5.25. The van der Waals surface area contributed by atoms with E-state index in [2.05, 4.69) is 29.2 Å². The van der Waals surface area contributed by atoms with Crippen molar-refractivity contribution in [2.45, 2.75) is 44.6 Å². The molecule has 1 aliphatic heterocycles. The molecule has 1 N–H and O–H groups in total. The molecule has 0 aliphatic carbocycles. The molecule has 0 bridgehead atoms. The maximum absolute atomic E-state index is 13.0. The monoisotopic (exact) mass is 439 g/mol. The van der Waals surface area contributed by atoms with Gasteiger partial charge < -0.3 is 10.2 Å². The SMILES string of the molecule is CCN(CC)CCn1cc(NC(=O)c2sccc2S(=O)(=O)N2CCCCC2)cn1. The Bertz CT molecular complexity index is 912. The molecule has 0 unspecified atom stereocenters. The number of aromatic nitrogens is 2. The Morgan fingerprint density at radius 3 is 2.66 bits per heavy atom. The fraction of sp³-hybridized carbons (Fsp3) is 0.579. The number of likely N-dealkylation sites (N-methyl/N-ethyl adjacent to an activating group) is 1. The first-order valence-corrected chi connectivity index (χ1v) is 12.4. The lowest BCUT2D eigenvalue weighted by Crippen LogP contribution is -2.36. The first-order valence-electron chi connectivity index (χ1n) is 10.1. The molecule has 1 amide bonds. The van der Waals surface area contributed by atoms with Crippen LogP contribution in [0.15, 0.2) is 28.7 Å². The van der Waals surface area contributed by atoms with E-state index in [0.29, 0.717) is 18.8 Å². The Kier molecular flexibility index (Phi) is 7.44. The van der Waals surface area contributed by atoms with Crippen molar-refractivity contribution in [3.8, 4) is 0 Å². The highest BCUT2D eigenvalue weighted by Gasteiger charge is 2.31. The van der Waals surface area contributed by atoms with Gasteiger partial charge in [0.15, 0.2) is 0 Å². The fourth-order valence-corrected chi connectivity index (χ4v) is 6.25. The van der Waals surface area contributed by atoms with Crippen molar-refractivity contribution in [2.24, 2.45) is 0 Å². The number of nitrogens with zero attached hydrogens (tertiary/aromatic N) is 4. The second-order valence-electron chi connectivity index (χ2n) is 7.05. The van der Waals surface area contributed by atoms with Crippen LogP contribution in [0.1, 0.15) is 42.8 Å². The van der Waals surface area contributed by atoms with Crippen LogP contribution in [-0.4, -0.2) is 66.0 Å². The van der Waals surface area contributed by atoms with Gasteiger partial charge in [-0.2, -0.15) is 9.40 Å². The lowest BCUT2D eigenvalue weighted by Gasteiger charge is -2.25. The number of amides is 1. The van der Waals surface area contributed by atoms with Gasteiger partial charge in [-0.3, -0.25) is 9.48 Å². The zero-order valence-electron chi connectivity index (χ0n) is 17.0. The summed E-state index contributed by atoms with van der Waals surface area (Å²) in [6, 6.07) is 1.52. The van der Waals surface area contributed by atoms with Gasteiger partial charge in [-0.25, -0.2) is 8.42 Å². The Morgan fingerprint density at radius 2 is 1.97 bits per heavy atom. The summed E-state index contributed by atoms with van der Waals surface area (Å²) in [5.74, 6) is -0.418. The summed E-state index contributed by atoms with van der Waals surface area (Å²) in [6.45, 7) is 8.83. The van der Waals surface area contributed by atoms with Crippen molar-refractivity contribution in [3.05, 3.63) is 28.7 Å². The van der Waals surface area contributed by atoms with Gasteiger partial charge in [-0.15, -0.1) is 11.3 Å². The summed E-state index contributed by atoms with van der Waals surface area (Å²) in [5.41, 5.74) is 0.560. The van der Waals surface area contributed by atoms with E-state index in [1.54, 1.807) is 22.5 Å². The number of thiophene rings is 1. The first kappa shape index (κ1) is 21.9. The molecule has 160 valence electrons. The van der Waals surface area contributed by atoms with Crippen LogP contribution in [0.2, 0.25) is 0 Å². The Balaban J connectivity index is 1.67. The average molecular weight is 440 g/mol. The standard InChI is InChI=1S/C19H29N5O3S2/c1-3-22(4-2)11-12-23-15-16(14-20-23)21-19(25)18-17(8-13-28-18)29(26,27)24-9-6-5-7-10-24/h8,13-15H,3-7,9-12H2,1-2H3,(H,21,25). The fourth-order valence-electron chi connectivity index (χ4n) is 3.43. The zero-order chi connectivity index (χ0) is 20.9. The lowest BCUT2D eigenvalue weighted by atomic mass is 10.2. The van der Waals surface area contributed by atoms with Crippen molar-refractivity contribution in [2.75, 3.05) is 38.0 Å². The molecule has 1 fully saturated rings. The molecule has 3 heterocycles. The van der Waals surface area contributed by atoms with E-state index in [1.807, 2.05) is 0 Å². The Labute approximate surface area is 176 Å². The number of hydrogen-bond donors (Lipinski definition) is 1. The summed E-state index contributed by atoms with van der Waals surface area (Å²) in [7, 11) is -3.65. The quantitative estimate of drug-likeness (QED) is 0.649. The van der Waals surface area contributed by atoms with E-state index in [1.165, 1.54) is 10.4 Å². The van der Waals surface area contributed by atoms with E-state index in [4.69, 9.17) is 0 Å². The third-order valence-corrected chi connectivity index (χ3v) is 8.18. The van der Waals surface area contributed by atoms with Crippen molar-refractivity contribution in [3.63, 3.8) is 0 Å². The topological polar surface area (TPSA) is 87.5 Å². The van der Waals surface area contributed by atoms with Gasteiger partial charge >= 0.3 is 0 Å². The molecule has 0 radical (unpaired) electrons. The smallest absolute Gasteiger partial charge is 0.267 e. The summed E-state index contributed by atoms with van der Waals surface area (Å²) in [4.78, 5) is 15.4. The normalized spacial score (nSPS) is 15.7. The van der Waals surface area contributed by atoms with Crippen LogP contribution < -0.4 is 5.32 Å². The molecule has 2 aromatic rings. The number of hydrogen-bond acceptors (Lipinski definition) is 6. The number of sulfonamides is 1. The van der Waals surface area contributed by atoms with Crippen LogP contribution in [0.25, 0.3) is 0 Å². The molecule has 8 nitrogen and oxygen atoms in total. The minimum Gasteiger partial charge on any atom is -0.319 e. The molecule has 0 atom stereocenters. The molecular formula is C19H29N5O3S2. The zero-order valence-corrected chi connectivity index (χ0v) is 18.6. The van der Waals surface area contributed by atoms with Crippen molar-refractivity contribution in [1.29, 1.82) is 0 Å². The van der Waals surface area contributed by atoms with Crippen LogP contribution >= 0.6 is 11.3 Å². The van der Waals surface area contributed by atoms with Gasteiger partial charge in [0, 0.05) is 25.8 Å². The van der Waals surface area contributed by atoms with E-state index in [0.717, 1.165) is 56.8 Å². The number of nitrogens with one attached hydrogen (secondary N) is 1. The summed E-state index contributed by atoms with van der Waals surface area (Å²) in [6.07, 6.45) is 6.12. The van der Waals surface area contributed by atoms with Crippen molar-refractivity contribution in [1.82, 2.24) is 19.0 Å². The van der Waals surface area contributed by atoms with Gasteiger partial charge in [0.25, 0.3) is 5.91 Å². The summed E-state index contributed by atoms with van der Waals surface area (Å²) in [5, 5.41) is 8.73. The first-order chi connectivity index (χ1) is 14.0. The molecule has 3 rings (SSSR count). The second-order valence-corrected chi connectivity index (χ2v) is 9.87. The molecule has 0 aromatic carbocycles. The van der Waals surface area contributed by atoms with Crippen LogP contribution in [0.5, 0.6) is 0 Å². The molecule has 2 aromatic heterocycles. The number of carbonyl (C=O) groups is 1. The number of anilines is 1. The predicted octanol–water partition coefficient (Wildman–Crippen LogP) is 2.71. The van der Waals surface area contributed by atoms with Crippen molar-refractivity contribution >= 4 is 33.0 Å². The molecule has 10 heteroatoms. The van der Waals surface area contributed by atoms with E-state index < -0.39 is 15.9 Å². The Hall–Kier alpha value is -1.75. The van der Waals surface area contributed by atoms with Gasteiger partial charge in [0.2, 0.25) is 10.0 Å². The predicted molar refractivity (Wildman–Crippen MR) is 115 cm³/mol. The number of carbonyl (C=O) groups excluding carboxylic acids is 1. The molecule has 1 aliphatic rings. The van der Waals surface area contributed by atoms with Crippen LogP contribution in [-0.2, 0) is 16.6 Å². The van der Waals surface area contributed by atoms with E-state index >= 15 is 0 Å². The number of rotatable bonds is 9. The highest BCUT2D eigenvalue weighted by Crippen LogP contribution is 2.28. The minimum absolute atomic E-state index is 0.0934. The second kappa shape index (κ2) is 9.84. The van der Waals surface area contributed by atoms with Gasteiger partial charge in [-0.1, -0.05) is 20.3 Å². The maximum Gasteiger partial charge on any atom is 0.267 e. The molecule has 0 saturated carbocycles. The summed E-state index contributed by atoms with van der Waals surface area (Å²) >= 11 is 1.14. The Morgan fingerprint density at radius 1 is 1.24 bits per heavy atom. The molecule has 0 spiro atoms. The van der Waals surface area contributed by atoms with Crippen LogP contribution in [0, 0.1) is 0 Å². The maximum atomic E-state index is 13.0. The molecular weight excluding hydrogens is 410 g/mol. The highest BCUT2D eigenvalue weighted by atomic mass is 32.2. The van der Waals surface area contributed by atoms with Gasteiger partial charge in [0.1, 0.15) is 9.77 Å². The lowest BCUT2D eigenvalue weighted by molar-refractivity contribution is 0.102. The van der Waals surface area contributed by atoms with E-state index in [9.17, 15) is 13.2 Å². The van der Waals surface area contributed by atoms with Gasteiger partial charge in [-0.05, 0) is 37.4 Å². The number of piperidine rings is 1. The highest BCUT2D eigenvalue weighted by molar-refractivity contribution is 7.89. The molecule has 29 heavy (non-hydrogen) atoms. The minimum atomic E-state index is -3.65. The molecule has 1 saturated heterocycles. The van der Waals surface area contributed by atoms with Gasteiger partial charge in [0.05, 0.1) is 18.4 Å². The average Bonchev–Trinajstić information content (AvgIpc) is 3.39. The largest absolute Gasteiger partial charge is 0.319 e. The van der Waals surface area contributed by atoms with Crippen LogP contribution in [0.4, 0.5) is 5.69 Å². The van der Waals surface area contributed by atoms with Crippen molar-refractivity contribution < 1.29 is 13.2 Å². The third-order valence-electron chi connectivity index (χ3n) is 5.20. The van der Waals surface area contributed by atoms with E-state index in [-0.39, 0.29) is 9.77 Å². The summed E-state index contributed by atoms with van der Waals surface area (Å²) < 4.78 is 29.2. The van der Waals surface area contributed by atoms with Crippen LogP contribution in [0.3, 0.4) is 0 Å².